The lowest BCUT2D eigenvalue weighted by atomic mass is 9.69. The smallest absolute Gasteiger partial charge is 0.170 e. The van der Waals surface area contributed by atoms with Crippen LogP contribution in [-0.4, -0.2) is 0 Å². The van der Waals surface area contributed by atoms with Gasteiger partial charge >= 0.3 is 0 Å². The summed E-state index contributed by atoms with van der Waals surface area (Å²) in [7, 11) is 0. The van der Waals surface area contributed by atoms with Crippen molar-refractivity contribution >= 4 is 0 Å². The van der Waals surface area contributed by atoms with Crippen LogP contribution in [0.25, 0.3) is 22.3 Å². The van der Waals surface area contributed by atoms with E-state index in [4.69, 9.17) is 0 Å². The van der Waals surface area contributed by atoms with Crippen molar-refractivity contribution in [3.8, 4) is 22.3 Å². The second-order valence-corrected chi connectivity index (χ2v) is 9.61. The van der Waals surface area contributed by atoms with Gasteiger partial charge in [0.2, 0.25) is 0 Å². The minimum Gasteiger partial charge on any atom is -0.206 e. The number of hydrogen-bond donors (Lipinski definition) is 0. The van der Waals surface area contributed by atoms with Crippen LogP contribution in [0.4, 0.5) is 30.7 Å². The number of hydrogen-bond acceptors (Lipinski definition) is 0. The molecule has 0 amide bonds. The minimum atomic E-state index is -1.87. The van der Waals surface area contributed by atoms with Crippen LogP contribution < -0.4 is 0 Å². The maximum Gasteiger partial charge on any atom is 0.170 e. The Morgan fingerprint density at radius 2 is 1.33 bits per heavy atom. The van der Waals surface area contributed by atoms with Crippen LogP contribution in [0, 0.1) is 52.6 Å². The lowest BCUT2D eigenvalue weighted by Gasteiger charge is -2.36. The molecule has 0 aromatic heterocycles. The van der Waals surface area contributed by atoms with Gasteiger partial charge in [-0.1, -0.05) is 76.3 Å². The molecular weight excluding hydrogens is 481 g/mol. The van der Waals surface area contributed by atoms with Gasteiger partial charge in [0.05, 0.1) is 11.1 Å². The van der Waals surface area contributed by atoms with E-state index < -0.39 is 68.9 Å². The Hall–Kier alpha value is -2.83. The fourth-order valence-corrected chi connectivity index (χ4v) is 5.77. The maximum absolute atomic E-state index is 15.3. The van der Waals surface area contributed by atoms with Gasteiger partial charge < -0.3 is 0 Å². The van der Waals surface area contributed by atoms with Crippen molar-refractivity contribution in [2.75, 3.05) is 0 Å². The van der Waals surface area contributed by atoms with Gasteiger partial charge in [-0.25, -0.2) is 30.7 Å². The van der Waals surface area contributed by atoms with Crippen molar-refractivity contribution in [1.82, 2.24) is 0 Å². The summed E-state index contributed by atoms with van der Waals surface area (Å²) >= 11 is 0. The first-order valence-electron chi connectivity index (χ1n) is 12.3. The first-order valence-corrected chi connectivity index (χ1v) is 12.3. The van der Waals surface area contributed by atoms with Gasteiger partial charge in [0.15, 0.2) is 34.9 Å². The molecule has 4 rings (SSSR count). The summed E-state index contributed by atoms with van der Waals surface area (Å²) in [5.41, 5.74) is -4.19. The molecule has 0 nitrogen and oxygen atoms in total. The molecule has 0 aliphatic heterocycles. The third kappa shape index (κ3) is 4.53. The Morgan fingerprint density at radius 3 is 1.94 bits per heavy atom. The predicted octanol–water partition coefficient (Wildman–Crippen LogP) is 9.70. The molecular formula is C29H27F7. The molecule has 0 saturated heterocycles. The fraction of sp³-hybridized carbons (Fsp3) is 0.379. The molecule has 192 valence electrons. The van der Waals surface area contributed by atoms with Crippen LogP contribution >= 0.6 is 0 Å². The molecule has 0 N–H and O–H groups in total. The van der Waals surface area contributed by atoms with E-state index in [0.29, 0.717) is 12.5 Å². The molecule has 3 aromatic carbocycles. The molecule has 3 atom stereocenters. The van der Waals surface area contributed by atoms with Crippen LogP contribution in [0.3, 0.4) is 0 Å². The molecule has 7 heteroatoms. The minimum absolute atomic E-state index is 0.00505. The number of benzene rings is 3. The van der Waals surface area contributed by atoms with E-state index in [1.807, 2.05) is 6.92 Å². The van der Waals surface area contributed by atoms with E-state index in [9.17, 15) is 8.78 Å². The molecule has 0 heterocycles. The van der Waals surface area contributed by atoms with Gasteiger partial charge in [0.1, 0.15) is 5.82 Å². The van der Waals surface area contributed by atoms with Crippen molar-refractivity contribution < 1.29 is 30.7 Å². The molecule has 0 radical (unpaired) electrons. The summed E-state index contributed by atoms with van der Waals surface area (Å²) in [6.07, 6.45) is 5.07. The highest BCUT2D eigenvalue weighted by Crippen LogP contribution is 2.45. The Bertz CT molecular complexity index is 1220. The zero-order chi connectivity index (χ0) is 26.1. The highest BCUT2D eigenvalue weighted by molar-refractivity contribution is 5.73. The van der Waals surface area contributed by atoms with Crippen LogP contribution in [0.15, 0.2) is 36.4 Å². The molecule has 36 heavy (non-hydrogen) atoms. The Morgan fingerprint density at radius 1 is 0.750 bits per heavy atom. The maximum atomic E-state index is 15.3. The first kappa shape index (κ1) is 26.2. The molecule has 1 saturated carbocycles. The second-order valence-electron chi connectivity index (χ2n) is 9.61. The zero-order valence-corrected chi connectivity index (χ0v) is 20.1. The van der Waals surface area contributed by atoms with Crippen LogP contribution in [0.1, 0.15) is 63.9 Å². The molecule has 3 aromatic rings. The zero-order valence-electron chi connectivity index (χ0n) is 20.1. The normalized spacial score (nSPS) is 18.9. The largest absolute Gasteiger partial charge is 0.206 e. The average molecular weight is 509 g/mol. The predicted molar refractivity (Wildman–Crippen MR) is 126 cm³/mol. The van der Waals surface area contributed by atoms with E-state index in [1.54, 1.807) is 6.07 Å². The quantitative estimate of drug-likeness (QED) is 0.230. The standard InChI is InChI=1S/C29H27F7/c1-3-9-16-10-7-8-13-18(16)15(2)21-25(32)28(35)23(29(36)26(21)33)19-14-20(30)22(27(34)24(19)31)17-11-5-4-6-12-17/h4-6,11-12,14-16,18H,3,7-10,13H2,1-2H3. The highest BCUT2D eigenvalue weighted by Gasteiger charge is 2.37. The van der Waals surface area contributed by atoms with Crippen LogP contribution in [0.2, 0.25) is 0 Å². The van der Waals surface area contributed by atoms with Gasteiger partial charge in [-0.3, -0.25) is 0 Å². The SMILES string of the molecule is CCCC1CCCCC1C(C)c1c(F)c(F)c(-c2cc(F)c(-c3ccccc3)c(F)c2F)c(F)c1F. The molecule has 3 unspecified atom stereocenters. The van der Waals surface area contributed by atoms with Gasteiger partial charge in [0, 0.05) is 11.1 Å². The molecule has 1 aliphatic carbocycles. The van der Waals surface area contributed by atoms with Gasteiger partial charge in [-0.05, 0) is 35.8 Å². The summed E-state index contributed by atoms with van der Waals surface area (Å²) in [6.45, 7) is 3.54. The van der Waals surface area contributed by atoms with E-state index >= 15 is 22.0 Å². The summed E-state index contributed by atoms with van der Waals surface area (Å²) < 4.78 is 106. The topological polar surface area (TPSA) is 0 Å². The van der Waals surface area contributed by atoms with E-state index in [0.717, 1.165) is 32.1 Å². The van der Waals surface area contributed by atoms with E-state index in [-0.39, 0.29) is 17.4 Å². The van der Waals surface area contributed by atoms with Crippen molar-refractivity contribution in [2.45, 2.75) is 58.3 Å². The fourth-order valence-electron chi connectivity index (χ4n) is 5.77. The summed E-state index contributed by atoms with van der Waals surface area (Å²) in [5, 5.41) is 0. The molecule has 0 bridgehead atoms. The average Bonchev–Trinajstić information content (AvgIpc) is 2.87. The third-order valence-electron chi connectivity index (χ3n) is 7.51. The Labute approximate surface area is 206 Å². The Kier molecular flexibility index (Phi) is 7.76. The second kappa shape index (κ2) is 10.7. The van der Waals surface area contributed by atoms with Crippen molar-refractivity contribution in [1.29, 1.82) is 0 Å². The highest BCUT2D eigenvalue weighted by atomic mass is 19.2. The summed E-state index contributed by atoms with van der Waals surface area (Å²) in [5.74, 6) is -12.8. The lowest BCUT2D eigenvalue weighted by Crippen LogP contribution is -2.26. The first-order chi connectivity index (χ1) is 17.2. The monoisotopic (exact) mass is 508 g/mol. The van der Waals surface area contributed by atoms with Crippen molar-refractivity contribution in [2.24, 2.45) is 11.8 Å². The van der Waals surface area contributed by atoms with Crippen LogP contribution in [0.5, 0.6) is 0 Å². The number of halogens is 7. The van der Waals surface area contributed by atoms with Gasteiger partial charge in [-0.15, -0.1) is 0 Å². The lowest BCUT2D eigenvalue weighted by molar-refractivity contribution is 0.189. The molecule has 1 aliphatic rings. The van der Waals surface area contributed by atoms with Gasteiger partial charge in [0.25, 0.3) is 0 Å². The summed E-state index contributed by atoms with van der Waals surface area (Å²) in [6, 6.07) is 7.55. The van der Waals surface area contributed by atoms with Crippen molar-refractivity contribution in [3.63, 3.8) is 0 Å². The van der Waals surface area contributed by atoms with Crippen LogP contribution in [-0.2, 0) is 0 Å². The van der Waals surface area contributed by atoms with E-state index in [2.05, 4.69) is 0 Å². The van der Waals surface area contributed by atoms with Gasteiger partial charge in [-0.2, -0.15) is 0 Å². The third-order valence-corrected chi connectivity index (χ3v) is 7.51. The number of rotatable bonds is 6. The molecule has 1 fully saturated rings. The molecule has 0 spiro atoms. The summed E-state index contributed by atoms with van der Waals surface area (Å²) in [4.78, 5) is 0. The van der Waals surface area contributed by atoms with Crippen molar-refractivity contribution in [3.05, 3.63) is 82.7 Å². The van der Waals surface area contributed by atoms with E-state index in [1.165, 1.54) is 31.2 Å². The Balaban J connectivity index is 1.84.